The van der Waals surface area contributed by atoms with Crippen molar-refractivity contribution in [3.8, 4) is 0 Å². The van der Waals surface area contributed by atoms with Gasteiger partial charge in [0.05, 0.1) is 0 Å². The summed E-state index contributed by atoms with van der Waals surface area (Å²) >= 11 is 22.9. The summed E-state index contributed by atoms with van der Waals surface area (Å²) in [5.74, 6) is -0.311. The molecule has 1 amide bonds. The highest BCUT2D eigenvalue weighted by Crippen LogP contribution is 2.14. The molecule has 126 valence electrons. The van der Waals surface area contributed by atoms with Crippen LogP contribution >= 0.6 is 47.0 Å². The number of hydrogen-bond acceptors (Lipinski definition) is 2. The Bertz CT molecular complexity index is 695. The number of thiocarbonyl (C=S) groups is 1. The van der Waals surface area contributed by atoms with Crippen LogP contribution in [0, 0.1) is 0 Å². The lowest BCUT2D eigenvalue weighted by Gasteiger charge is -2.23. The van der Waals surface area contributed by atoms with Gasteiger partial charge in [0.25, 0.3) is 5.91 Å². The molecular formula is C16H14Cl3N3OS. The van der Waals surface area contributed by atoms with Gasteiger partial charge in [-0.15, -0.1) is 23.2 Å². The Kier molecular flexibility index (Phi) is 7.12. The van der Waals surface area contributed by atoms with Gasteiger partial charge in [0.2, 0.25) is 0 Å². The number of benzene rings is 2. The van der Waals surface area contributed by atoms with E-state index in [0.717, 1.165) is 5.69 Å². The van der Waals surface area contributed by atoms with Crippen LogP contribution < -0.4 is 16.0 Å². The Morgan fingerprint density at radius 2 is 1.58 bits per heavy atom. The second-order valence-corrected chi connectivity index (χ2v) is 6.77. The zero-order chi connectivity index (χ0) is 17.5. The number of anilines is 1. The lowest BCUT2D eigenvalue weighted by Crippen LogP contribution is -2.52. The molecule has 24 heavy (non-hydrogen) atoms. The van der Waals surface area contributed by atoms with E-state index in [-0.39, 0.29) is 11.0 Å². The number of hydrogen-bond donors (Lipinski definition) is 3. The topological polar surface area (TPSA) is 53.2 Å². The number of carbonyl (C=O) groups is 1. The van der Waals surface area contributed by atoms with E-state index in [0.29, 0.717) is 10.6 Å². The molecule has 0 spiro atoms. The summed E-state index contributed by atoms with van der Waals surface area (Å²) in [4.78, 5) is 11.3. The molecular weight excluding hydrogens is 389 g/mol. The van der Waals surface area contributed by atoms with Crippen LogP contribution in [0.25, 0.3) is 0 Å². The number of nitrogens with one attached hydrogen (secondary N) is 3. The van der Waals surface area contributed by atoms with Crippen molar-refractivity contribution in [3.05, 3.63) is 65.2 Å². The molecule has 0 fully saturated rings. The standard InChI is InChI=1S/C16H14Cl3N3OS/c17-11-6-8-12(9-7-11)20-16(24)22-14(13(18)19)21-15(23)10-4-2-1-3-5-10/h1-9,13-14H,(H,21,23)(H2,20,22,24)/t14-/m1/s1. The molecule has 2 aromatic rings. The smallest absolute Gasteiger partial charge is 0.252 e. The minimum Gasteiger partial charge on any atom is -0.340 e. The van der Waals surface area contributed by atoms with E-state index in [1.54, 1.807) is 48.5 Å². The summed E-state index contributed by atoms with van der Waals surface area (Å²) < 4.78 is 0. The molecule has 0 unspecified atom stereocenters. The van der Waals surface area contributed by atoms with Crippen LogP contribution in [0.3, 0.4) is 0 Å². The fraction of sp³-hybridized carbons (Fsp3) is 0.125. The summed E-state index contributed by atoms with van der Waals surface area (Å²) in [6, 6.07) is 15.7. The molecule has 0 aliphatic carbocycles. The van der Waals surface area contributed by atoms with Crippen molar-refractivity contribution in [1.82, 2.24) is 10.6 Å². The van der Waals surface area contributed by atoms with Crippen LogP contribution in [0.1, 0.15) is 10.4 Å². The molecule has 0 heterocycles. The zero-order valence-corrected chi connectivity index (χ0v) is 15.4. The average Bonchev–Trinajstić information content (AvgIpc) is 2.57. The maximum Gasteiger partial charge on any atom is 0.252 e. The van der Waals surface area contributed by atoms with Gasteiger partial charge in [0.1, 0.15) is 11.0 Å². The van der Waals surface area contributed by atoms with E-state index in [4.69, 9.17) is 47.0 Å². The largest absolute Gasteiger partial charge is 0.340 e. The quantitative estimate of drug-likeness (QED) is 0.399. The molecule has 0 aliphatic rings. The minimum atomic E-state index is -0.900. The maximum absolute atomic E-state index is 12.2. The SMILES string of the molecule is O=C(N[C@H](NC(=S)Nc1ccc(Cl)cc1)C(Cl)Cl)c1ccccc1. The first kappa shape index (κ1) is 18.8. The van der Waals surface area contributed by atoms with E-state index in [2.05, 4.69) is 16.0 Å². The van der Waals surface area contributed by atoms with Crippen LogP contribution in [0.2, 0.25) is 5.02 Å². The summed E-state index contributed by atoms with van der Waals surface area (Å²) in [5, 5.41) is 9.41. The van der Waals surface area contributed by atoms with Crippen LogP contribution in [-0.2, 0) is 0 Å². The first-order chi connectivity index (χ1) is 11.5. The lowest BCUT2D eigenvalue weighted by molar-refractivity contribution is 0.0936. The van der Waals surface area contributed by atoms with Gasteiger partial charge in [-0.1, -0.05) is 29.8 Å². The third kappa shape index (κ3) is 5.83. The van der Waals surface area contributed by atoms with Crippen molar-refractivity contribution >= 4 is 63.7 Å². The fourth-order valence-electron chi connectivity index (χ4n) is 1.82. The summed E-state index contributed by atoms with van der Waals surface area (Å²) in [6.45, 7) is 0. The third-order valence-electron chi connectivity index (χ3n) is 2.96. The van der Waals surface area contributed by atoms with Crippen LogP contribution in [0.4, 0.5) is 5.69 Å². The highest BCUT2D eigenvalue weighted by atomic mass is 35.5. The van der Waals surface area contributed by atoms with Gasteiger partial charge in [-0.05, 0) is 48.6 Å². The molecule has 0 saturated carbocycles. The number of alkyl halides is 2. The monoisotopic (exact) mass is 401 g/mol. The summed E-state index contributed by atoms with van der Waals surface area (Å²) in [5.41, 5.74) is 1.24. The second kappa shape index (κ2) is 9.08. The maximum atomic E-state index is 12.2. The van der Waals surface area contributed by atoms with E-state index in [1.165, 1.54) is 0 Å². The summed E-state index contributed by atoms with van der Waals surface area (Å²) in [6.07, 6.45) is -0.756. The van der Waals surface area contributed by atoms with E-state index >= 15 is 0 Å². The van der Waals surface area contributed by atoms with E-state index in [1.807, 2.05) is 6.07 Å². The molecule has 0 saturated heterocycles. The fourth-order valence-corrected chi connectivity index (χ4v) is 2.44. The number of rotatable bonds is 5. The van der Waals surface area contributed by atoms with Crippen molar-refractivity contribution in [1.29, 1.82) is 0 Å². The Balaban J connectivity index is 1.96. The van der Waals surface area contributed by atoms with Crippen LogP contribution in [0.15, 0.2) is 54.6 Å². The van der Waals surface area contributed by atoms with Gasteiger partial charge in [-0.2, -0.15) is 0 Å². The molecule has 0 aliphatic heterocycles. The van der Waals surface area contributed by atoms with Gasteiger partial charge in [0, 0.05) is 16.3 Å². The molecule has 2 rings (SSSR count). The normalized spacial score (nSPS) is 11.7. The average molecular weight is 403 g/mol. The van der Waals surface area contributed by atoms with Crippen molar-refractivity contribution in [2.75, 3.05) is 5.32 Å². The highest BCUT2D eigenvalue weighted by molar-refractivity contribution is 7.80. The number of amides is 1. The summed E-state index contributed by atoms with van der Waals surface area (Å²) in [7, 11) is 0. The molecule has 1 atom stereocenters. The van der Waals surface area contributed by atoms with Crippen molar-refractivity contribution in [2.45, 2.75) is 11.0 Å². The van der Waals surface area contributed by atoms with Gasteiger partial charge in [0.15, 0.2) is 5.11 Å². The number of halogens is 3. The highest BCUT2D eigenvalue weighted by Gasteiger charge is 2.21. The molecule has 4 nitrogen and oxygen atoms in total. The van der Waals surface area contributed by atoms with Crippen LogP contribution in [-0.4, -0.2) is 22.0 Å². The first-order valence-corrected chi connectivity index (χ1v) is 8.59. The molecule has 2 aromatic carbocycles. The van der Waals surface area contributed by atoms with Gasteiger partial charge in [-0.3, -0.25) is 4.79 Å². The van der Waals surface area contributed by atoms with Gasteiger partial charge < -0.3 is 16.0 Å². The Labute approximate surface area is 160 Å². The van der Waals surface area contributed by atoms with Crippen molar-refractivity contribution in [2.24, 2.45) is 0 Å². The molecule has 3 N–H and O–H groups in total. The third-order valence-corrected chi connectivity index (χ3v) is 3.94. The zero-order valence-electron chi connectivity index (χ0n) is 12.3. The lowest BCUT2D eigenvalue weighted by atomic mass is 10.2. The molecule has 8 heteroatoms. The minimum absolute atomic E-state index is 0.266. The van der Waals surface area contributed by atoms with Crippen molar-refractivity contribution < 1.29 is 4.79 Å². The van der Waals surface area contributed by atoms with E-state index in [9.17, 15) is 4.79 Å². The predicted octanol–water partition coefficient (Wildman–Crippen LogP) is 4.19. The van der Waals surface area contributed by atoms with Crippen LogP contribution in [0.5, 0.6) is 0 Å². The molecule has 0 aromatic heterocycles. The van der Waals surface area contributed by atoms with E-state index < -0.39 is 11.0 Å². The first-order valence-electron chi connectivity index (χ1n) is 6.93. The van der Waals surface area contributed by atoms with Gasteiger partial charge in [-0.25, -0.2) is 0 Å². The van der Waals surface area contributed by atoms with Crippen molar-refractivity contribution in [3.63, 3.8) is 0 Å². The number of carbonyl (C=O) groups excluding carboxylic acids is 1. The van der Waals surface area contributed by atoms with Gasteiger partial charge >= 0.3 is 0 Å². The predicted molar refractivity (Wildman–Crippen MR) is 104 cm³/mol. The Morgan fingerprint density at radius 1 is 0.958 bits per heavy atom. The second-order valence-electron chi connectivity index (χ2n) is 4.76. The Morgan fingerprint density at radius 3 is 2.17 bits per heavy atom. The Hall–Kier alpha value is -1.53. The molecule has 0 radical (unpaired) electrons. The molecule has 0 bridgehead atoms.